The number of rotatable bonds is 1. The number of esters is 1. The van der Waals surface area contributed by atoms with Crippen LogP contribution in [0.2, 0.25) is 0 Å². The number of anilines is 1. The first-order chi connectivity index (χ1) is 7.65. The molecule has 0 radical (unpaired) electrons. The summed E-state index contributed by atoms with van der Waals surface area (Å²) in [7, 11) is 1.39. The van der Waals surface area contributed by atoms with Crippen LogP contribution >= 0.6 is 15.9 Å². The Morgan fingerprint density at radius 1 is 1.44 bits per heavy atom. The van der Waals surface area contributed by atoms with Crippen molar-refractivity contribution in [2.45, 2.75) is 25.7 Å². The summed E-state index contributed by atoms with van der Waals surface area (Å²) in [5.41, 5.74) is 9.26. The minimum Gasteiger partial charge on any atom is -0.465 e. The lowest BCUT2D eigenvalue weighted by Crippen LogP contribution is -2.15. The first-order valence-corrected chi connectivity index (χ1v) is 6.12. The zero-order valence-corrected chi connectivity index (χ0v) is 10.8. The molecule has 0 aromatic heterocycles. The van der Waals surface area contributed by atoms with E-state index in [4.69, 9.17) is 10.5 Å². The summed E-state index contributed by atoms with van der Waals surface area (Å²) in [4.78, 5) is 11.7. The SMILES string of the molecule is COC(=O)c1c(N)c(Br)cc2c1CCCC2. The van der Waals surface area contributed by atoms with Crippen molar-refractivity contribution >= 4 is 27.6 Å². The van der Waals surface area contributed by atoms with Crippen LogP contribution in [-0.2, 0) is 17.6 Å². The van der Waals surface area contributed by atoms with Crippen molar-refractivity contribution in [3.05, 3.63) is 27.2 Å². The van der Waals surface area contributed by atoms with Crippen molar-refractivity contribution in [3.8, 4) is 0 Å². The van der Waals surface area contributed by atoms with E-state index in [0.29, 0.717) is 11.3 Å². The van der Waals surface area contributed by atoms with Crippen LogP contribution in [0.25, 0.3) is 0 Å². The predicted octanol–water partition coefficient (Wildman–Crippen LogP) is 2.70. The third-order valence-electron chi connectivity index (χ3n) is 3.03. The van der Waals surface area contributed by atoms with Gasteiger partial charge >= 0.3 is 5.97 Å². The van der Waals surface area contributed by atoms with Gasteiger partial charge in [-0.1, -0.05) is 0 Å². The number of methoxy groups -OCH3 is 1. The average Bonchev–Trinajstić information content (AvgIpc) is 2.30. The highest BCUT2D eigenvalue weighted by molar-refractivity contribution is 9.10. The molecule has 0 aliphatic heterocycles. The smallest absolute Gasteiger partial charge is 0.340 e. The molecule has 86 valence electrons. The molecule has 2 N–H and O–H groups in total. The molecule has 0 unspecified atom stereocenters. The number of nitrogen functional groups attached to an aromatic ring is 1. The number of benzene rings is 1. The molecule has 0 spiro atoms. The lowest BCUT2D eigenvalue weighted by molar-refractivity contribution is 0.0600. The van der Waals surface area contributed by atoms with E-state index in [0.717, 1.165) is 29.3 Å². The van der Waals surface area contributed by atoms with Crippen molar-refractivity contribution in [2.24, 2.45) is 0 Å². The summed E-state index contributed by atoms with van der Waals surface area (Å²) in [5, 5.41) is 0. The largest absolute Gasteiger partial charge is 0.465 e. The Bertz CT molecular complexity index is 443. The van der Waals surface area contributed by atoms with Gasteiger partial charge in [0.05, 0.1) is 18.4 Å². The molecular formula is C12H14BrNO2. The number of halogens is 1. The molecule has 4 heteroatoms. The lowest BCUT2D eigenvalue weighted by atomic mass is 9.87. The molecular weight excluding hydrogens is 270 g/mol. The van der Waals surface area contributed by atoms with E-state index in [1.807, 2.05) is 6.07 Å². The fraction of sp³-hybridized carbons (Fsp3) is 0.417. The number of ether oxygens (including phenoxy) is 1. The van der Waals surface area contributed by atoms with Crippen LogP contribution < -0.4 is 5.73 Å². The van der Waals surface area contributed by atoms with Gasteiger partial charge in [-0.05, 0) is 58.8 Å². The Labute approximate surface area is 103 Å². The molecule has 0 atom stereocenters. The van der Waals surface area contributed by atoms with E-state index in [1.54, 1.807) is 0 Å². The van der Waals surface area contributed by atoms with Gasteiger partial charge in [0.1, 0.15) is 0 Å². The zero-order valence-electron chi connectivity index (χ0n) is 9.18. The van der Waals surface area contributed by atoms with Crippen LogP contribution in [0.1, 0.15) is 34.3 Å². The van der Waals surface area contributed by atoms with E-state index in [1.165, 1.54) is 19.1 Å². The fourth-order valence-corrected chi connectivity index (χ4v) is 2.70. The summed E-state index contributed by atoms with van der Waals surface area (Å²) in [6.07, 6.45) is 4.21. The minimum atomic E-state index is -0.336. The van der Waals surface area contributed by atoms with Crippen LogP contribution in [0.15, 0.2) is 10.5 Å². The van der Waals surface area contributed by atoms with Crippen LogP contribution in [-0.4, -0.2) is 13.1 Å². The van der Waals surface area contributed by atoms with Gasteiger partial charge < -0.3 is 10.5 Å². The summed E-state index contributed by atoms with van der Waals surface area (Å²) in [6.45, 7) is 0. The van der Waals surface area contributed by atoms with Gasteiger partial charge in [-0.2, -0.15) is 0 Å². The molecule has 3 nitrogen and oxygen atoms in total. The monoisotopic (exact) mass is 283 g/mol. The normalized spacial score (nSPS) is 14.4. The van der Waals surface area contributed by atoms with Gasteiger partial charge in [-0.3, -0.25) is 0 Å². The average molecular weight is 284 g/mol. The number of carbonyl (C=O) groups is 1. The fourth-order valence-electron chi connectivity index (χ4n) is 2.22. The van der Waals surface area contributed by atoms with Gasteiger partial charge in [0.25, 0.3) is 0 Å². The lowest BCUT2D eigenvalue weighted by Gasteiger charge is -2.20. The summed E-state index contributed by atoms with van der Waals surface area (Å²) < 4.78 is 5.58. The van der Waals surface area contributed by atoms with E-state index in [-0.39, 0.29) is 5.97 Å². The highest BCUT2D eigenvalue weighted by atomic mass is 79.9. The van der Waals surface area contributed by atoms with Crippen molar-refractivity contribution in [2.75, 3.05) is 12.8 Å². The third-order valence-corrected chi connectivity index (χ3v) is 3.69. The number of fused-ring (bicyclic) bond motifs is 1. The molecule has 0 amide bonds. The van der Waals surface area contributed by atoms with E-state index < -0.39 is 0 Å². The molecule has 16 heavy (non-hydrogen) atoms. The second-order valence-corrected chi connectivity index (χ2v) is 4.84. The predicted molar refractivity (Wildman–Crippen MR) is 66.5 cm³/mol. The second kappa shape index (κ2) is 4.45. The molecule has 1 aromatic rings. The van der Waals surface area contributed by atoms with Crippen molar-refractivity contribution in [3.63, 3.8) is 0 Å². The van der Waals surface area contributed by atoms with Crippen molar-refractivity contribution < 1.29 is 9.53 Å². The molecule has 2 rings (SSSR count). The van der Waals surface area contributed by atoms with Crippen LogP contribution in [0, 0.1) is 0 Å². The minimum absolute atomic E-state index is 0.336. The van der Waals surface area contributed by atoms with E-state index >= 15 is 0 Å². The maximum Gasteiger partial charge on any atom is 0.340 e. The number of hydrogen-bond acceptors (Lipinski definition) is 3. The Kier molecular flexibility index (Phi) is 3.19. The standard InChI is InChI=1S/C12H14BrNO2/c1-16-12(15)10-8-5-3-2-4-7(8)6-9(13)11(10)14/h6H,2-5,14H2,1H3. The number of aryl methyl sites for hydroxylation is 1. The first kappa shape index (κ1) is 11.5. The molecule has 1 aliphatic rings. The highest BCUT2D eigenvalue weighted by Gasteiger charge is 2.23. The van der Waals surface area contributed by atoms with Gasteiger partial charge in [0.15, 0.2) is 0 Å². The number of hydrogen-bond donors (Lipinski definition) is 1. The molecule has 1 aromatic carbocycles. The molecule has 0 bridgehead atoms. The highest BCUT2D eigenvalue weighted by Crippen LogP contribution is 2.34. The van der Waals surface area contributed by atoms with Gasteiger partial charge in [0.2, 0.25) is 0 Å². The van der Waals surface area contributed by atoms with Crippen molar-refractivity contribution in [1.29, 1.82) is 0 Å². The number of nitrogens with two attached hydrogens (primary N) is 1. The van der Waals surface area contributed by atoms with Gasteiger partial charge in [0, 0.05) is 4.47 Å². The Hall–Kier alpha value is -1.03. The Morgan fingerprint density at radius 2 is 2.12 bits per heavy atom. The third kappa shape index (κ3) is 1.82. The molecule has 0 saturated carbocycles. The maximum atomic E-state index is 11.7. The zero-order chi connectivity index (χ0) is 11.7. The van der Waals surface area contributed by atoms with Crippen LogP contribution in [0.5, 0.6) is 0 Å². The van der Waals surface area contributed by atoms with Gasteiger partial charge in [-0.15, -0.1) is 0 Å². The maximum absolute atomic E-state index is 11.7. The molecule has 0 saturated heterocycles. The summed E-state index contributed by atoms with van der Waals surface area (Å²) in [6, 6.07) is 2.02. The van der Waals surface area contributed by atoms with Gasteiger partial charge in [-0.25, -0.2) is 4.79 Å². The number of carbonyl (C=O) groups excluding carboxylic acids is 1. The second-order valence-electron chi connectivity index (χ2n) is 3.98. The first-order valence-electron chi connectivity index (χ1n) is 5.33. The van der Waals surface area contributed by atoms with E-state index in [2.05, 4.69) is 15.9 Å². The molecule has 0 fully saturated rings. The van der Waals surface area contributed by atoms with Crippen molar-refractivity contribution in [1.82, 2.24) is 0 Å². The Balaban J connectivity index is 2.63. The van der Waals surface area contributed by atoms with E-state index in [9.17, 15) is 4.79 Å². The topological polar surface area (TPSA) is 52.3 Å². The molecule has 0 heterocycles. The summed E-state index contributed by atoms with van der Waals surface area (Å²) in [5.74, 6) is -0.336. The van der Waals surface area contributed by atoms with Crippen LogP contribution in [0.3, 0.4) is 0 Å². The molecule has 1 aliphatic carbocycles. The summed E-state index contributed by atoms with van der Waals surface area (Å²) >= 11 is 3.39. The van der Waals surface area contributed by atoms with Crippen LogP contribution in [0.4, 0.5) is 5.69 Å². The quantitative estimate of drug-likeness (QED) is 0.637. The Morgan fingerprint density at radius 3 is 2.81 bits per heavy atom.